The van der Waals surface area contributed by atoms with E-state index in [0.29, 0.717) is 6.42 Å². The predicted molar refractivity (Wildman–Crippen MR) is 85.7 cm³/mol. The molecule has 24 heavy (non-hydrogen) atoms. The summed E-state index contributed by atoms with van der Waals surface area (Å²) in [6.45, 7) is 9.22. The Morgan fingerprint density at radius 1 is 0.833 bits per heavy atom. The summed E-state index contributed by atoms with van der Waals surface area (Å²) in [7, 11) is 0. The van der Waals surface area contributed by atoms with Crippen molar-refractivity contribution in [3.63, 3.8) is 0 Å². The maximum Gasteiger partial charge on any atom is 0.309 e. The Morgan fingerprint density at radius 2 is 1.21 bits per heavy atom. The van der Waals surface area contributed by atoms with Gasteiger partial charge in [0.1, 0.15) is 0 Å². The van der Waals surface area contributed by atoms with E-state index in [2.05, 4.69) is 0 Å². The Morgan fingerprint density at radius 3 is 1.38 bits per heavy atom. The Balaban J connectivity index is 0. The smallest absolute Gasteiger partial charge is 0.309 e. The monoisotopic (exact) mass is 348 g/mol. The Bertz CT molecular complexity index is 478. The molecule has 140 valence electrons. The predicted octanol–water partition coefficient (Wildman–Crippen LogP) is 2.42. The molecule has 0 amide bonds. The molecule has 4 N–H and O–H groups in total. The zero-order valence-electron chi connectivity index (χ0n) is 15.0. The average molecular weight is 348 g/mol. The van der Waals surface area contributed by atoms with Gasteiger partial charge in [-0.05, 0) is 40.0 Å². The van der Waals surface area contributed by atoms with Crippen LogP contribution in [-0.2, 0) is 19.2 Å². The van der Waals surface area contributed by atoms with Gasteiger partial charge in [0.05, 0.1) is 16.7 Å². The van der Waals surface area contributed by atoms with Crippen molar-refractivity contribution in [2.45, 2.75) is 54.4 Å². The lowest BCUT2D eigenvalue weighted by atomic mass is 9.77. The molecule has 0 saturated heterocycles. The maximum atomic E-state index is 10.7. The fourth-order valence-corrected chi connectivity index (χ4v) is 1.87. The summed E-state index contributed by atoms with van der Waals surface area (Å²) in [5.41, 5.74) is -2.17. The molecular weight excluding hydrogens is 320 g/mol. The lowest BCUT2D eigenvalue weighted by molar-refractivity contribution is -0.160. The summed E-state index contributed by atoms with van der Waals surface area (Å²) in [6, 6.07) is 0. The molecule has 0 rings (SSSR count). The summed E-state index contributed by atoms with van der Waals surface area (Å²) in [4.78, 5) is 42.2. The molecule has 0 bridgehead atoms. The molecule has 0 heterocycles. The number of aliphatic carboxylic acids is 4. The van der Waals surface area contributed by atoms with Crippen molar-refractivity contribution in [3.05, 3.63) is 0 Å². The summed E-state index contributed by atoms with van der Waals surface area (Å²) in [5.74, 6) is -5.24. The van der Waals surface area contributed by atoms with Crippen molar-refractivity contribution in [2.24, 2.45) is 22.7 Å². The van der Waals surface area contributed by atoms with Gasteiger partial charge in [-0.3, -0.25) is 19.2 Å². The first-order valence-electron chi connectivity index (χ1n) is 7.53. The lowest BCUT2D eigenvalue weighted by Gasteiger charge is -2.25. The van der Waals surface area contributed by atoms with Crippen LogP contribution in [0.4, 0.5) is 0 Å². The normalized spacial score (nSPS) is 13.9. The molecule has 0 aliphatic carbocycles. The molecule has 2 atom stereocenters. The van der Waals surface area contributed by atoms with Gasteiger partial charge in [0.2, 0.25) is 0 Å². The van der Waals surface area contributed by atoms with Gasteiger partial charge in [0.15, 0.2) is 0 Å². The molecule has 0 aromatic heterocycles. The van der Waals surface area contributed by atoms with Crippen molar-refractivity contribution in [1.29, 1.82) is 0 Å². The minimum atomic E-state index is -1.19. The highest BCUT2D eigenvalue weighted by atomic mass is 16.4. The number of rotatable bonds is 8. The number of hydrogen-bond acceptors (Lipinski definition) is 4. The number of carboxylic acid groups (broad SMARTS) is 4. The molecule has 0 aromatic rings. The van der Waals surface area contributed by atoms with Gasteiger partial charge in [-0.1, -0.05) is 13.8 Å². The van der Waals surface area contributed by atoms with Crippen LogP contribution < -0.4 is 0 Å². The number of carboxylic acids is 4. The molecule has 8 heteroatoms. The van der Waals surface area contributed by atoms with E-state index in [9.17, 15) is 19.2 Å². The van der Waals surface area contributed by atoms with Crippen molar-refractivity contribution < 1.29 is 39.6 Å². The highest BCUT2D eigenvalue weighted by molar-refractivity contribution is 5.82. The Kier molecular flexibility index (Phi) is 9.30. The van der Waals surface area contributed by atoms with Crippen LogP contribution in [0.1, 0.15) is 54.4 Å². The van der Waals surface area contributed by atoms with E-state index in [0.717, 1.165) is 0 Å². The summed E-state index contributed by atoms with van der Waals surface area (Å²) < 4.78 is 0. The van der Waals surface area contributed by atoms with Crippen LogP contribution in [0.3, 0.4) is 0 Å². The topological polar surface area (TPSA) is 149 Å². The van der Waals surface area contributed by atoms with E-state index < -0.39 is 40.6 Å². The molecule has 0 aliphatic rings. The largest absolute Gasteiger partial charge is 0.481 e. The van der Waals surface area contributed by atoms with Gasteiger partial charge < -0.3 is 20.4 Å². The highest BCUT2D eigenvalue weighted by Crippen LogP contribution is 2.30. The molecule has 0 aromatic carbocycles. The maximum absolute atomic E-state index is 10.7. The molecule has 8 nitrogen and oxygen atoms in total. The van der Waals surface area contributed by atoms with Crippen LogP contribution in [0.15, 0.2) is 0 Å². The zero-order valence-corrected chi connectivity index (χ0v) is 15.0. The van der Waals surface area contributed by atoms with Gasteiger partial charge in [-0.25, -0.2) is 0 Å². The van der Waals surface area contributed by atoms with Gasteiger partial charge >= 0.3 is 23.9 Å². The van der Waals surface area contributed by atoms with E-state index >= 15 is 0 Å². The average Bonchev–Trinajstić information content (AvgIpc) is 2.37. The molecule has 0 aliphatic heterocycles. The van der Waals surface area contributed by atoms with Crippen LogP contribution in [0, 0.1) is 22.7 Å². The van der Waals surface area contributed by atoms with E-state index in [1.54, 1.807) is 13.8 Å². The van der Waals surface area contributed by atoms with E-state index in [1.165, 1.54) is 27.7 Å². The lowest BCUT2D eigenvalue weighted by Crippen LogP contribution is -2.37. The molecule has 0 fully saturated rings. The van der Waals surface area contributed by atoms with E-state index in [-0.39, 0.29) is 12.3 Å². The third-order valence-corrected chi connectivity index (χ3v) is 4.39. The SMILES string of the molecule is CC(CC(=O)O)C(C)(C)C(=O)O.CCC(C(=O)O)C(C)(C)C(=O)O. The van der Waals surface area contributed by atoms with Crippen molar-refractivity contribution in [2.75, 3.05) is 0 Å². The highest BCUT2D eigenvalue weighted by Gasteiger charge is 2.40. The summed E-state index contributed by atoms with van der Waals surface area (Å²) in [6.07, 6.45) is 0.216. The Hall–Kier alpha value is -2.12. The molecular formula is C16H28O8. The molecule has 0 saturated carbocycles. The third-order valence-electron chi connectivity index (χ3n) is 4.39. The van der Waals surface area contributed by atoms with Crippen LogP contribution >= 0.6 is 0 Å². The van der Waals surface area contributed by atoms with Gasteiger partial charge in [0, 0.05) is 6.42 Å². The first kappa shape index (κ1) is 24.1. The summed E-state index contributed by atoms with van der Waals surface area (Å²) in [5, 5.41) is 34.6. The standard InChI is InChI=1S/2C8H14O4/c1-5(4-6(9)10)8(2,3)7(11)12;1-4-5(6(9)10)8(2,3)7(11)12/h2*5H,4H2,1-3H3,(H,9,10)(H,11,12). The van der Waals surface area contributed by atoms with Crippen molar-refractivity contribution in [3.8, 4) is 0 Å². The van der Waals surface area contributed by atoms with Gasteiger partial charge in [-0.15, -0.1) is 0 Å². The summed E-state index contributed by atoms with van der Waals surface area (Å²) >= 11 is 0. The number of hydrogen-bond donors (Lipinski definition) is 4. The first-order chi connectivity index (χ1) is 10.6. The number of carbonyl (C=O) groups is 4. The fourth-order valence-electron chi connectivity index (χ4n) is 1.87. The van der Waals surface area contributed by atoms with E-state index in [1.807, 2.05) is 0 Å². The second kappa shape index (κ2) is 9.24. The quantitative estimate of drug-likeness (QED) is 0.522. The van der Waals surface area contributed by atoms with Crippen LogP contribution in [0.2, 0.25) is 0 Å². The fraction of sp³-hybridized carbons (Fsp3) is 0.750. The first-order valence-corrected chi connectivity index (χ1v) is 7.53. The Labute approximate surface area is 141 Å². The van der Waals surface area contributed by atoms with Crippen LogP contribution in [-0.4, -0.2) is 44.3 Å². The minimum absolute atomic E-state index is 0.112. The third kappa shape index (κ3) is 6.97. The zero-order chi connectivity index (χ0) is 19.9. The van der Waals surface area contributed by atoms with Crippen molar-refractivity contribution in [1.82, 2.24) is 0 Å². The molecule has 0 spiro atoms. The minimum Gasteiger partial charge on any atom is -0.481 e. The second-order valence-corrected chi connectivity index (χ2v) is 6.85. The van der Waals surface area contributed by atoms with Gasteiger partial charge in [-0.2, -0.15) is 0 Å². The van der Waals surface area contributed by atoms with Crippen LogP contribution in [0.5, 0.6) is 0 Å². The second-order valence-electron chi connectivity index (χ2n) is 6.85. The molecule has 2 unspecified atom stereocenters. The van der Waals surface area contributed by atoms with E-state index in [4.69, 9.17) is 20.4 Å². The van der Waals surface area contributed by atoms with Crippen LogP contribution in [0.25, 0.3) is 0 Å². The van der Waals surface area contributed by atoms with Gasteiger partial charge in [0.25, 0.3) is 0 Å². The molecule has 0 radical (unpaired) electrons. The van der Waals surface area contributed by atoms with Crippen molar-refractivity contribution >= 4 is 23.9 Å².